The maximum Gasteiger partial charge on any atom is 0.209 e. The fraction of sp³-hybridized carbons (Fsp3) is 0. The molecule has 6 aromatic carbocycles. The summed E-state index contributed by atoms with van der Waals surface area (Å²) in [5.41, 5.74) is 9.03. The molecule has 230 valence electrons. The van der Waals surface area contributed by atoms with Gasteiger partial charge in [0.25, 0.3) is 0 Å². The van der Waals surface area contributed by atoms with Crippen molar-refractivity contribution in [3.63, 3.8) is 0 Å². The van der Waals surface area contributed by atoms with Crippen molar-refractivity contribution >= 4 is 49.7 Å². The molecule has 0 N–H and O–H groups in total. The van der Waals surface area contributed by atoms with Crippen molar-refractivity contribution in [2.45, 2.75) is 0 Å². The van der Waals surface area contributed by atoms with Crippen molar-refractivity contribution in [2.75, 3.05) is 0 Å². The number of benzene rings is 6. The summed E-state index contributed by atoms with van der Waals surface area (Å²) in [7, 11) is 0. The maximum absolute atomic E-state index is 12.8. The number of hydrogen-bond donors (Lipinski definition) is 0. The topological polar surface area (TPSA) is 86.4 Å². The second-order valence-electron chi connectivity index (χ2n) is 12.0. The van der Waals surface area contributed by atoms with Crippen LogP contribution in [0.4, 0.5) is 0 Å². The van der Waals surface area contributed by atoms with Gasteiger partial charge in [-0.1, -0.05) is 91.0 Å². The number of para-hydroxylation sites is 1. The molecule has 0 amide bonds. The number of fused-ring (bicyclic) bond motifs is 8. The highest BCUT2D eigenvalue weighted by Gasteiger charge is 2.18. The molecule has 0 saturated carbocycles. The molecule has 0 radical (unpaired) electrons. The largest absolute Gasteiger partial charge is 0.456 e. The first kappa shape index (κ1) is 27.3. The highest BCUT2D eigenvalue weighted by atomic mass is 16.3. The van der Waals surface area contributed by atoms with E-state index in [0.717, 1.165) is 60.8 Å². The lowest BCUT2D eigenvalue weighted by Crippen LogP contribution is -2.02. The van der Waals surface area contributed by atoms with Gasteiger partial charge in [0.15, 0.2) is 28.5 Å². The minimum atomic E-state index is -0.0646. The number of nitrogens with zero attached hydrogens (tertiary/aromatic N) is 4. The average molecular weight is 633 g/mol. The number of pyridine rings is 1. The lowest BCUT2D eigenvalue weighted by Gasteiger charge is -2.08. The quantitative estimate of drug-likeness (QED) is 0.192. The fourth-order valence-corrected chi connectivity index (χ4v) is 6.78. The van der Waals surface area contributed by atoms with Crippen LogP contribution in [0.15, 0.2) is 159 Å². The predicted molar refractivity (Wildman–Crippen MR) is 193 cm³/mol. The van der Waals surface area contributed by atoms with Crippen LogP contribution < -0.4 is 5.43 Å². The summed E-state index contributed by atoms with van der Waals surface area (Å²) < 4.78 is 14.6. The van der Waals surface area contributed by atoms with Crippen molar-refractivity contribution in [2.24, 2.45) is 0 Å². The van der Waals surface area contributed by atoms with Crippen LogP contribution in [0.3, 0.4) is 0 Å². The summed E-state index contributed by atoms with van der Waals surface area (Å²) in [5, 5.41) is 2.59. The van der Waals surface area contributed by atoms with E-state index < -0.39 is 0 Å². The zero-order valence-corrected chi connectivity index (χ0v) is 25.9. The number of aromatic nitrogens is 4. The summed E-state index contributed by atoms with van der Waals surface area (Å²) in [6, 6.07) is 47.4. The Morgan fingerprint density at radius 2 is 1.12 bits per heavy atom. The third-order valence-corrected chi connectivity index (χ3v) is 9.06. The van der Waals surface area contributed by atoms with Crippen LogP contribution >= 0.6 is 0 Å². The molecule has 0 bridgehead atoms. The van der Waals surface area contributed by atoms with E-state index in [1.54, 1.807) is 6.07 Å². The lowest BCUT2D eigenvalue weighted by atomic mass is 9.98. The zero-order chi connectivity index (χ0) is 32.5. The third kappa shape index (κ3) is 4.37. The van der Waals surface area contributed by atoms with Crippen molar-refractivity contribution < 1.29 is 8.83 Å². The molecule has 10 aromatic rings. The molecule has 0 aliphatic carbocycles. The molecule has 0 unspecified atom stereocenters. The second-order valence-corrected chi connectivity index (χ2v) is 12.0. The van der Waals surface area contributed by atoms with Gasteiger partial charge in [0.05, 0.1) is 11.0 Å². The van der Waals surface area contributed by atoms with E-state index >= 15 is 0 Å². The highest BCUT2D eigenvalue weighted by Crippen LogP contribution is 2.39. The zero-order valence-electron chi connectivity index (χ0n) is 25.9. The van der Waals surface area contributed by atoms with Crippen LogP contribution in [0, 0.1) is 0 Å². The Bertz CT molecular complexity index is 2900. The molecular formula is C42H24N4O3. The number of furan rings is 1. The number of rotatable bonds is 4. The van der Waals surface area contributed by atoms with Crippen LogP contribution in [0.2, 0.25) is 0 Å². The van der Waals surface area contributed by atoms with Crippen LogP contribution in [0.1, 0.15) is 0 Å². The number of hydrogen-bond acceptors (Lipinski definition) is 6. The van der Waals surface area contributed by atoms with Gasteiger partial charge in [-0.15, -0.1) is 0 Å². The van der Waals surface area contributed by atoms with Gasteiger partial charge in [0.2, 0.25) is 5.71 Å². The van der Waals surface area contributed by atoms with Crippen LogP contribution in [0.5, 0.6) is 0 Å². The lowest BCUT2D eigenvalue weighted by molar-refractivity contribution is 0.655. The van der Waals surface area contributed by atoms with Gasteiger partial charge in [-0.3, -0.25) is 9.20 Å². The van der Waals surface area contributed by atoms with Crippen molar-refractivity contribution in [1.82, 2.24) is 19.4 Å². The summed E-state index contributed by atoms with van der Waals surface area (Å²) in [6.45, 7) is 0. The first-order valence-electron chi connectivity index (χ1n) is 16.0. The third-order valence-electron chi connectivity index (χ3n) is 9.06. The highest BCUT2D eigenvalue weighted by molar-refractivity contribution is 6.13. The Kier molecular flexibility index (Phi) is 5.89. The van der Waals surface area contributed by atoms with Crippen LogP contribution in [-0.2, 0) is 0 Å². The Morgan fingerprint density at radius 3 is 1.88 bits per heavy atom. The molecule has 0 fully saturated rings. The van der Waals surface area contributed by atoms with Crippen molar-refractivity contribution in [3.8, 4) is 45.3 Å². The summed E-state index contributed by atoms with van der Waals surface area (Å²) in [4.78, 5) is 27.6. The molecule has 0 saturated heterocycles. The summed E-state index contributed by atoms with van der Waals surface area (Å²) >= 11 is 0. The molecule has 4 heterocycles. The van der Waals surface area contributed by atoms with E-state index in [0.29, 0.717) is 34.2 Å². The van der Waals surface area contributed by atoms with Crippen LogP contribution in [0.25, 0.3) is 94.9 Å². The molecule has 0 aliphatic rings. The summed E-state index contributed by atoms with van der Waals surface area (Å²) in [5.74, 6) is 1.79. The Hall–Kier alpha value is -6.86. The maximum atomic E-state index is 12.8. The molecule has 7 nitrogen and oxygen atoms in total. The Morgan fingerprint density at radius 1 is 0.449 bits per heavy atom. The standard InChI is InChI=1S/C42H24N4O3/c47-34-24-38-46(32-16-8-7-14-30(32)34)33-20-18-27(23-37(33)49-38)29-15-9-17-36-39(29)31-22-28(19-21-35(31)48-36)42-44-40(25-10-3-1-4-11-25)43-41(45-42)26-12-5-2-6-13-26/h1-24H. The molecule has 0 aliphatic heterocycles. The predicted octanol–water partition coefficient (Wildman–Crippen LogP) is 9.95. The molecule has 10 rings (SSSR count). The minimum absolute atomic E-state index is 0.0646. The minimum Gasteiger partial charge on any atom is -0.456 e. The molecule has 0 spiro atoms. The van der Waals surface area contributed by atoms with Gasteiger partial charge in [0.1, 0.15) is 11.2 Å². The van der Waals surface area contributed by atoms with E-state index in [1.807, 2.05) is 126 Å². The Balaban J connectivity index is 1.16. The van der Waals surface area contributed by atoms with Gasteiger partial charge in [-0.05, 0) is 59.7 Å². The number of oxazole rings is 1. The van der Waals surface area contributed by atoms with Gasteiger partial charge >= 0.3 is 0 Å². The molecule has 49 heavy (non-hydrogen) atoms. The first-order valence-corrected chi connectivity index (χ1v) is 16.0. The molecule has 7 heteroatoms. The van der Waals surface area contributed by atoms with E-state index in [-0.39, 0.29) is 5.43 Å². The smallest absolute Gasteiger partial charge is 0.209 e. The van der Waals surface area contributed by atoms with Crippen molar-refractivity contribution in [1.29, 1.82) is 0 Å². The Labute approximate surface area is 278 Å². The van der Waals surface area contributed by atoms with Gasteiger partial charge in [-0.25, -0.2) is 15.0 Å². The van der Waals surface area contributed by atoms with E-state index in [9.17, 15) is 4.79 Å². The molecule has 4 aromatic heterocycles. The van der Waals surface area contributed by atoms with Gasteiger partial charge in [-0.2, -0.15) is 0 Å². The molecule has 0 atom stereocenters. The summed E-state index contributed by atoms with van der Waals surface area (Å²) in [6.07, 6.45) is 0. The second kappa shape index (κ2) is 10.6. The average Bonchev–Trinajstić information content (AvgIpc) is 3.73. The SMILES string of the molecule is O=c1cc2oc3cc(-c4cccc5oc6ccc(-c7nc(-c8ccccc8)nc(-c8ccccc8)n7)cc6c45)ccc3n2c2ccccc12. The van der Waals surface area contributed by atoms with E-state index in [1.165, 1.54) is 0 Å². The van der Waals surface area contributed by atoms with E-state index in [2.05, 4.69) is 18.2 Å². The van der Waals surface area contributed by atoms with E-state index in [4.69, 9.17) is 23.8 Å². The van der Waals surface area contributed by atoms with Gasteiger partial charge in [0, 0.05) is 38.9 Å². The van der Waals surface area contributed by atoms with Crippen LogP contribution in [-0.4, -0.2) is 19.4 Å². The normalized spacial score (nSPS) is 11.8. The van der Waals surface area contributed by atoms with Crippen molar-refractivity contribution in [3.05, 3.63) is 156 Å². The first-order chi connectivity index (χ1) is 24.2. The van der Waals surface area contributed by atoms with Gasteiger partial charge < -0.3 is 8.83 Å². The monoisotopic (exact) mass is 632 g/mol. The fourth-order valence-electron chi connectivity index (χ4n) is 6.78. The molecular weight excluding hydrogens is 608 g/mol.